The van der Waals surface area contributed by atoms with E-state index in [1.807, 2.05) is 30.3 Å². The van der Waals surface area contributed by atoms with E-state index in [1.165, 1.54) is 0 Å². The van der Waals surface area contributed by atoms with Gasteiger partial charge in [-0.2, -0.15) is 0 Å². The lowest BCUT2D eigenvalue weighted by Gasteiger charge is -2.18. The van der Waals surface area contributed by atoms with E-state index in [2.05, 4.69) is 41.2 Å². The molecule has 3 rings (SSSR count). The Morgan fingerprint density at radius 2 is 2.04 bits per heavy atom. The van der Waals surface area contributed by atoms with Gasteiger partial charge in [-0.1, -0.05) is 24.3 Å². The number of amides is 1. The Morgan fingerprint density at radius 3 is 2.83 bits per heavy atom. The van der Waals surface area contributed by atoms with E-state index in [1.54, 1.807) is 6.07 Å². The maximum absolute atomic E-state index is 12.1. The van der Waals surface area contributed by atoms with E-state index in [-0.39, 0.29) is 11.5 Å². The van der Waals surface area contributed by atoms with Crippen LogP contribution in [0, 0.1) is 0 Å². The van der Waals surface area contributed by atoms with Gasteiger partial charge in [-0.25, -0.2) is 0 Å². The van der Waals surface area contributed by atoms with Gasteiger partial charge >= 0.3 is 0 Å². The highest BCUT2D eigenvalue weighted by Crippen LogP contribution is 2.41. The number of hydrogen-bond donors (Lipinski definition) is 1. The number of carbonyl (C=O) groups excluding carboxylic acids is 1. The van der Waals surface area contributed by atoms with Gasteiger partial charge in [0.2, 0.25) is 0 Å². The first kappa shape index (κ1) is 16.8. The van der Waals surface area contributed by atoms with Crippen molar-refractivity contribution in [3.8, 4) is 11.5 Å². The van der Waals surface area contributed by atoms with Crippen LogP contribution in [0.5, 0.6) is 11.5 Å². The fourth-order valence-corrected chi connectivity index (χ4v) is 3.23. The first-order valence-electron chi connectivity index (χ1n) is 7.93. The van der Waals surface area contributed by atoms with E-state index in [0.29, 0.717) is 18.7 Å². The molecule has 0 saturated carbocycles. The van der Waals surface area contributed by atoms with Crippen LogP contribution in [0.25, 0.3) is 0 Å². The summed E-state index contributed by atoms with van der Waals surface area (Å²) in [7, 11) is 0. The maximum Gasteiger partial charge on any atom is 0.252 e. The van der Waals surface area contributed by atoms with Gasteiger partial charge in [-0.05, 0) is 48.0 Å². The van der Waals surface area contributed by atoms with Crippen LogP contribution in [-0.2, 0) is 6.42 Å². The lowest BCUT2D eigenvalue weighted by Crippen LogP contribution is -2.28. The molecule has 2 aromatic carbocycles. The van der Waals surface area contributed by atoms with Crippen molar-refractivity contribution >= 4 is 21.8 Å². The fraction of sp³-hybridized carbons (Fsp3) is 0.316. The van der Waals surface area contributed by atoms with Gasteiger partial charge in [0.25, 0.3) is 5.91 Å². The first-order chi connectivity index (χ1) is 11.5. The quantitative estimate of drug-likeness (QED) is 0.786. The second-order valence-electron chi connectivity index (χ2n) is 6.37. The van der Waals surface area contributed by atoms with Crippen LogP contribution in [0.4, 0.5) is 0 Å². The van der Waals surface area contributed by atoms with Crippen molar-refractivity contribution in [2.45, 2.75) is 25.9 Å². The summed E-state index contributed by atoms with van der Waals surface area (Å²) in [6.07, 6.45) is 0.873. The molecule has 5 heteroatoms. The summed E-state index contributed by atoms with van der Waals surface area (Å²) in [6.45, 7) is 4.94. The van der Waals surface area contributed by atoms with Crippen molar-refractivity contribution in [2.24, 2.45) is 0 Å². The number of rotatable bonds is 5. The molecule has 0 fully saturated rings. The molecule has 4 nitrogen and oxygen atoms in total. The Hall–Kier alpha value is -2.01. The number of nitrogens with one attached hydrogen (secondary N) is 1. The highest BCUT2D eigenvalue weighted by Gasteiger charge is 2.32. The molecule has 1 N–H and O–H groups in total. The SMILES string of the molecule is CC1(C)Cc2cccc(OCCNC(=O)c3ccccc3Br)c2O1. The topological polar surface area (TPSA) is 47.6 Å². The van der Waals surface area contributed by atoms with Gasteiger partial charge in [0.15, 0.2) is 11.5 Å². The van der Waals surface area contributed by atoms with Crippen LogP contribution in [0.1, 0.15) is 29.8 Å². The summed E-state index contributed by atoms with van der Waals surface area (Å²) in [5.74, 6) is 1.43. The lowest BCUT2D eigenvalue weighted by atomic mass is 10.0. The van der Waals surface area contributed by atoms with Crippen molar-refractivity contribution in [1.82, 2.24) is 5.32 Å². The van der Waals surface area contributed by atoms with Crippen molar-refractivity contribution in [3.05, 3.63) is 58.1 Å². The number of hydrogen-bond acceptors (Lipinski definition) is 3. The monoisotopic (exact) mass is 389 g/mol. The van der Waals surface area contributed by atoms with E-state index in [9.17, 15) is 4.79 Å². The van der Waals surface area contributed by atoms with Gasteiger partial charge in [-0.15, -0.1) is 0 Å². The Bertz CT molecular complexity index is 758. The normalized spacial score (nSPS) is 14.6. The first-order valence-corrected chi connectivity index (χ1v) is 8.72. The summed E-state index contributed by atoms with van der Waals surface area (Å²) in [5, 5.41) is 2.86. The van der Waals surface area contributed by atoms with Crippen molar-refractivity contribution < 1.29 is 14.3 Å². The molecule has 0 saturated heterocycles. The van der Waals surface area contributed by atoms with Crippen molar-refractivity contribution in [2.75, 3.05) is 13.2 Å². The summed E-state index contributed by atoms with van der Waals surface area (Å²) in [4.78, 5) is 12.1. The predicted octanol–water partition coefficient (Wildman–Crippen LogP) is 3.97. The van der Waals surface area contributed by atoms with E-state index in [4.69, 9.17) is 9.47 Å². The van der Waals surface area contributed by atoms with E-state index >= 15 is 0 Å². The van der Waals surface area contributed by atoms with E-state index < -0.39 is 0 Å². The maximum atomic E-state index is 12.1. The minimum atomic E-state index is -0.199. The highest BCUT2D eigenvalue weighted by molar-refractivity contribution is 9.10. The standard InChI is InChI=1S/C19H20BrNO3/c1-19(2)12-13-6-5-9-16(17(13)24-19)23-11-10-21-18(22)14-7-3-4-8-15(14)20/h3-9H,10-12H2,1-2H3,(H,21,22). The Labute approximate surface area is 150 Å². The zero-order valence-corrected chi connectivity index (χ0v) is 15.4. The number of carbonyl (C=O) groups is 1. The van der Waals surface area contributed by atoms with Crippen molar-refractivity contribution in [1.29, 1.82) is 0 Å². The number of para-hydroxylation sites is 1. The van der Waals surface area contributed by atoms with Crippen LogP contribution in [0.2, 0.25) is 0 Å². The molecule has 1 heterocycles. The third kappa shape index (κ3) is 3.73. The second-order valence-corrected chi connectivity index (χ2v) is 7.22. The van der Waals surface area contributed by atoms with Gasteiger partial charge < -0.3 is 14.8 Å². The molecule has 0 bridgehead atoms. The van der Waals surface area contributed by atoms with Crippen LogP contribution in [0.15, 0.2) is 46.9 Å². The van der Waals surface area contributed by atoms with Crippen molar-refractivity contribution in [3.63, 3.8) is 0 Å². The van der Waals surface area contributed by atoms with Gasteiger partial charge in [-0.3, -0.25) is 4.79 Å². The number of ether oxygens (including phenoxy) is 2. The van der Waals surface area contributed by atoms with Crippen LogP contribution < -0.4 is 14.8 Å². The average molecular weight is 390 g/mol. The number of fused-ring (bicyclic) bond motifs is 1. The summed E-state index contributed by atoms with van der Waals surface area (Å²) in [5.41, 5.74) is 1.58. The minimum absolute atomic E-state index is 0.123. The smallest absolute Gasteiger partial charge is 0.252 e. The zero-order chi connectivity index (χ0) is 17.2. The fourth-order valence-electron chi connectivity index (χ4n) is 2.77. The minimum Gasteiger partial charge on any atom is -0.488 e. The van der Waals surface area contributed by atoms with Gasteiger partial charge in [0, 0.05) is 16.5 Å². The second kappa shape index (κ2) is 6.85. The third-order valence-corrected chi connectivity index (χ3v) is 4.51. The molecule has 1 aliphatic rings. The molecule has 1 amide bonds. The lowest BCUT2D eigenvalue weighted by molar-refractivity contribution is 0.0945. The predicted molar refractivity (Wildman–Crippen MR) is 96.8 cm³/mol. The molecule has 0 radical (unpaired) electrons. The van der Waals surface area contributed by atoms with E-state index in [0.717, 1.165) is 28.0 Å². The molecule has 0 unspecified atom stereocenters. The number of benzene rings is 2. The highest BCUT2D eigenvalue weighted by atomic mass is 79.9. The molecule has 2 aromatic rings. The molecule has 24 heavy (non-hydrogen) atoms. The van der Waals surface area contributed by atoms with Gasteiger partial charge in [0.05, 0.1) is 12.1 Å². The molecule has 0 atom stereocenters. The molecule has 126 valence electrons. The Balaban J connectivity index is 1.54. The Kier molecular flexibility index (Phi) is 4.81. The van der Waals surface area contributed by atoms with Crippen LogP contribution >= 0.6 is 15.9 Å². The zero-order valence-electron chi connectivity index (χ0n) is 13.8. The van der Waals surface area contributed by atoms with Gasteiger partial charge in [0.1, 0.15) is 12.2 Å². The molecular formula is C19H20BrNO3. The molecule has 1 aliphatic heterocycles. The number of halogens is 1. The molecule has 0 aliphatic carbocycles. The van der Waals surface area contributed by atoms with Crippen LogP contribution in [0.3, 0.4) is 0 Å². The molecule has 0 aromatic heterocycles. The van der Waals surface area contributed by atoms with Crippen LogP contribution in [-0.4, -0.2) is 24.7 Å². The largest absolute Gasteiger partial charge is 0.488 e. The summed E-state index contributed by atoms with van der Waals surface area (Å²) in [6, 6.07) is 13.3. The Morgan fingerprint density at radius 1 is 1.25 bits per heavy atom. The summed E-state index contributed by atoms with van der Waals surface area (Å²) >= 11 is 3.38. The third-order valence-electron chi connectivity index (χ3n) is 3.82. The summed E-state index contributed by atoms with van der Waals surface area (Å²) < 4.78 is 12.6. The molecule has 0 spiro atoms. The average Bonchev–Trinajstić information content (AvgIpc) is 2.86. The molecular weight excluding hydrogens is 370 g/mol.